The molecule has 0 saturated carbocycles. The van der Waals surface area contributed by atoms with Crippen molar-refractivity contribution in [3.8, 4) is 0 Å². The van der Waals surface area contributed by atoms with Crippen LogP contribution in [0.4, 0.5) is 0 Å². The summed E-state index contributed by atoms with van der Waals surface area (Å²) in [6, 6.07) is 0. The normalized spacial score (nSPS) is 34.2. The SMILES string of the molecule is CC1CNCC1C(=O)NCCC1CCCO1. The van der Waals surface area contributed by atoms with Crippen LogP contribution in [0.1, 0.15) is 26.2 Å². The highest BCUT2D eigenvalue weighted by Gasteiger charge is 2.29. The lowest BCUT2D eigenvalue weighted by molar-refractivity contribution is -0.125. The Bertz CT molecular complexity index is 239. The van der Waals surface area contributed by atoms with Crippen LogP contribution in [-0.2, 0) is 9.53 Å². The van der Waals surface area contributed by atoms with Crippen LogP contribution < -0.4 is 10.6 Å². The number of carbonyl (C=O) groups excluding carboxylic acids is 1. The van der Waals surface area contributed by atoms with E-state index in [0.717, 1.165) is 39.1 Å². The Balaban J connectivity index is 1.63. The molecule has 2 saturated heterocycles. The number of hydrogen-bond acceptors (Lipinski definition) is 3. The summed E-state index contributed by atoms with van der Waals surface area (Å²) < 4.78 is 5.52. The van der Waals surface area contributed by atoms with Gasteiger partial charge in [0.05, 0.1) is 12.0 Å². The van der Waals surface area contributed by atoms with Gasteiger partial charge in [-0.25, -0.2) is 0 Å². The molecule has 2 fully saturated rings. The van der Waals surface area contributed by atoms with E-state index in [0.29, 0.717) is 12.0 Å². The van der Waals surface area contributed by atoms with Crippen LogP contribution in [-0.4, -0.2) is 38.3 Å². The monoisotopic (exact) mass is 226 g/mol. The van der Waals surface area contributed by atoms with E-state index in [2.05, 4.69) is 17.6 Å². The van der Waals surface area contributed by atoms with Crippen molar-refractivity contribution in [2.45, 2.75) is 32.3 Å². The number of hydrogen-bond donors (Lipinski definition) is 2. The summed E-state index contributed by atoms with van der Waals surface area (Å²) in [4.78, 5) is 11.8. The molecule has 3 atom stereocenters. The first-order valence-corrected chi connectivity index (χ1v) is 6.37. The van der Waals surface area contributed by atoms with Crippen molar-refractivity contribution in [3.05, 3.63) is 0 Å². The van der Waals surface area contributed by atoms with Crippen LogP contribution in [0.3, 0.4) is 0 Å². The van der Waals surface area contributed by atoms with Gasteiger partial charge in [0.25, 0.3) is 0 Å². The van der Waals surface area contributed by atoms with Crippen LogP contribution in [0.5, 0.6) is 0 Å². The van der Waals surface area contributed by atoms with Crippen LogP contribution in [0.2, 0.25) is 0 Å². The van der Waals surface area contributed by atoms with Crippen molar-refractivity contribution in [3.63, 3.8) is 0 Å². The first-order valence-electron chi connectivity index (χ1n) is 6.37. The van der Waals surface area contributed by atoms with E-state index in [-0.39, 0.29) is 11.8 Å². The summed E-state index contributed by atoms with van der Waals surface area (Å²) in [5.74, 6) is 0.822. The van der Waals surface area contributed by atoms with E-state index in [1.54, 1.807) is 0 Å². The molecule has 0 spiro atoms. The predicted octanol–water partition coefficient (Wildman–Crippen LogP) is 0.527. The Morgan fingerprint density at radius 2 is 2.38 bits per heavy atom. The summed E-state index contributed by atoms with van der Waals surface area (Å²) >= 11 is 0. The van der Waals surface area contributed by atoms with E-state index in [4.69, 9.17) is 4.74 Å². The fourth-order valence-corrected chi connectivity index (χ4v) is 2.52. The van der Waals surface area contributed by atoms with E-state index in [1.807, 2.05) is 0 Å². The van der Waals surface area contributed by atoms with Crippen molar-refractivity contribution < 1.29 is 9.53 Å². The molecule has 1 amide bonds. The number of ether oxygens (including phenoxy) is 1. The van der Waals surface area contributed by atoms with Crippen molar-refractivity contribution in [1.29, 1.82) is 0 Å². The third-order valence-corrected chi connectivity index (χ3v) is 3.64. The third-order valence-electron chi connectivity index (χ3n) is 3.64. The molecular formula is C12H22N2O2. The highest BCUT2D eigenvalue weighted by Crippen LogP contribution is 2.17. The second-order valence-electron chi connectivity index (χ2n) is 4.96. The second-order valence-corrected chi connectivity index (χ2v) is 4.96. The Morgan fingerprint density at radius 3 is 3.00 bits per heavy atom. The molecular weight excluding hydrogens is 204 g/mol. The number of rotatable bonds is 4. The van der Waals surface area contributed by atoms with Crippen LogP contribution in [0.25, 0.3) is 0 Å². The van der Waals surface area contributed by atoms with Gasteiger partial charge < -0.3 is 15.4 Å². The number of amides is 1. The minimum Gasteiger partial charge on any atom is -0.378 e. The van der Waals surface area contributed by atoms with Gasteiger partial charge >= 0.3 is 0 Å². The van der Waals surface area contributed by atoms with E-state index in [1.165, 1.54) is 6.42 Å². The zero-order chi connectivity index (χ0) is 11.4. The highest BCUT2D eigenvalue weighted by molar-refractivity contribution is 5.79. The Hall–Kier alpha value is -0.610. The van der Waals surface area contributed by atoms with Gasteiger partial charge in [-0.3, -0.25) is 4.79 Å². The quantitative estimate of drug-likeness (QED) is 0.735. The van der Waals surface area contributed by atoms with Gasteiger partial charge in [0.2, 0.25) is 5.91 Å². The van der Waals surface area contributed by atoms with Crippen molar-refractivity contribution in [2.24, 2.45) is 11.8 Å². The van der Waals surface area contributed by atoms with Crippen LogP contribution >= 0.6 is 0 Å². The summed E-state index contributed by atoms with van der Waals surface area (Å²) in [6.07, 6.45) is 3.65. The predicted molar refractivity (Wildman–Crippen MR) is 62.1 cm³/mol. The summed E-state index contributed by atoms with van der Waals surface area (Å²) in [7, 11) is 0. The van der Waals surface area contributed by atoms with Crippen molar-refractivity contribution in [2.75, 3.05) is 26.2 Å². The van der Waals surface area contributed by atoms with Crippen LogP contribution in [0, 0.1) is 11.8 Å². The second kappa shape index (κ2) is 5.64. The standard InChI is InChI=1S/C12H22N2O2/c1-9-7-13-8-11(9)12(15)14-5-4-10-3-2-6-16-10/h9-11,13H,2-8H2,1H3,(H,14,15). The fourth-order valence-electron chi connectivity index (χ4n) is 2.52. The van der Waals surface area contributed by atoms with Crippen LogP contribution in [0.15, 0.2) is 0 Å². The molecule has 2 aliphatic rings. The average Bonchev–Trinajstić information content (AvgIpc) is 2.88. The average molecular weight is 226 g/mol. The molecule has 2 N–H and O–H groups in total. The Labute approximate surface area is 97.1 Å². The van der Waals surface area contributed by atoms with E-state index < -0.39 is 0 Å². The molecule has 0 bridgehead atoms. The van der Waals surface area contributed by atoms with Gasteiger partial charge in [-0.2, -0.15) is 0 Å². The minimum atomic E-state index is 0.157. The first-order chi connectivity index (χ1) is 7.77. The molecule has 4 nitrogen and oxygen atoms in total. The van der Waals surface area contributed by atoms with Gasteiger partial charge in [0.15, 0.2) is 0 Å². The molecule has 0 radical (unpaired) electrons. The van der Waals surface area contributed by atoms with Crippen molar-refractivity contribution >= 4 is 5.91 Å². The molecule has 0 aromatic heterocycles. The Kier molecular flexibility index (Phi) is 4.18. The number of nitrogens with one attached hydrogen (secondary N) is 2. The maximum absolute atomic E-state index is 11.8. The lowest BCUT2D eigenvalue weighted by Crippen LogP contribution is -2.35. The summed E-state index contributed by atoms with van der Waals surface area (Å²) in [5, 5.41) is 6.27. The molecule has 2 rings (SSSR count). The molecule has 0 aliphatic carbocycles. The topological polar surface area (TPSA) is 50.4 Å². The van der Waals surface area contributed by atoms with Gasteiger partial charge in [-0.1, -0.05) is 6.92 Å². The maximum atomic E-state index is 11.8. The van der Waals surface area contributed by atoms with Gasteiger partial charge in [-0.15, -0.1) is 0 Å². The molecule has 3 unspecified atom stereocenters. The number of carbonyl (C=O) groups is 1. The lowest BCUT2D eigenvalue weighted by Gasteiger charge is -2.15. The van der Waals surface area contributed by atoms with E-state index >= 15 is 0 Å². The minimum absolute atomic E-state index is 0.157. The highest BCUT2D eigenvalue weighted by atomic mass is 16.5. The first kappa shape index (κ1) is 11.9. The molecule has 0 aromatic rings. The third kappa shape index (κ3) is 2.95. The summed E-state index contributed by atoms with van der Waals surface area (Å²) in [5.41, 5.74) is 0. The van der Waals surface area contributed by atoms with E-state index in [9.17, 15) is 4.79 Å². The molecule has 4 heteroatoms. The molecule has 2 heterocycles. The lowest BCUT2D eigenvalue weighted by atomic mass is 9.97. The van der Waals surface area contributed by atoms with Gasteiger partial charge in [-0.05, 0) is 31.7 Å². The smallest absolute Gasteiger partial charge is 0.224 e. The molecule has 0 aromatic carbocycles. The Morgan fingerprint density at radius 1 is 1.50 bits per heavy atom. The zero-order valence-electron chi connectivity index (χ0n) is 10.00. The zero-order valence-corrected chi connectivity index (χ0v) is 10.00. The molecule has 92 valence electrons. The van der Waals surface area contributed by atoms with Crippen molar-refractivity contribution in [1.82, 2.24) is 10.6 Å². The summed E-state index contributed by atoms with van der Waals surface area (Å²) in [6.45, 7) is 5.57. The van der Waals surface area contributed by atoms with Gasteiger partial charge in [0.1, 0.15) is 0 Å². The largest absolute Gasteiger partial charge is 0.378 e. The molecule has 16 heavy (non-hydrogen) atoms. The fraction of sp³-hybridized carbons (Fsp3) is 0.917. The van der Waals surface area contributed by atoms with Gasteiger partial charge in [0, 0.05) is 19.7 Å². The molecule has 2 aliphatic heterocycles. The maximum Gasteiger partial charge on any atom is 0.224 e.